The topological polar surface area (TPSA) is 42.4 Å². The van der Waals surface area contributed by atoms with E-state index in [0.29, 0.717) is 20.7 Å². The number of ether oxygens (including phenoxy) is 1. The first-order valence-corrected chi connectivity index (χ1v) is 9.44. The lowest BCUT2D eigenvalue weighted by Gasteiger charge is -2.15. The van der Waals surface area contributed by atoms with E-state index in [4.69, 9.17) is 17.0 Å². The number of thioether (sulfide) groups is 1. The van der Waals surface area contributed by atoms with E-state index >= 15 is 0 Å². The van der Waals surface area contributed by atoms with Gasteiger partial charge in [0.1, 0.15) is 11.5 Å². The molecule has 0 aliphatic carbocycles. The molecule has 2 aromatic carbocycles. The van der Waals surface area contributed by atoms with Crippen LogP contribution in [0.1, 0.15) is 5.56 Å². The molecule has 0 atom stereocenters. The number of thiocarbonyl (C=S) groups is 1. The van der Waals surface area contributed by atoms with Crippen molar-refractivity contribution in [2.75, 3.05) is 4.90 Å². The van der Waals surface area contributed by atoms with Gasteiger partial charge in [-0.2, -0.15) is 0 Å². The van der Waals surface area contributed by atoms with Crippen LogP contribution in [0.2, 0.25) is 0 Å². The lowest BCUT2D eigenvalue weighted by molar-refractivity contribution is -0.113. The molecule has 0 saturated carbocycles. The molecule has 2 heterocycles. The van der Waals surface area contributed by atoms with E-state index in [1.165, 1.54) is 16.7 Å². The molecule has 4 nitrogen and oxygen atoms in total. The highest BCUT2D eigenvalue weighted by atomic mass is 32.2. The molecule has 0 radical (unpaired) electrons. The van der Waals surface area contributed by atoms with Crippen molar-refractivity contribution in [3.63, 3.8) is 0 Å². The van der Waals surface area contributed by atoms with E-state index in [9.17, 15) is 4.79 Å². The highest BCUT2D eigenvalue weighted by molar-refractivity contribution is 8.27. The summed E-state index contributed by atoms with van der Waals surface area (Å²) in [5, 5.41) is 0. The number of carbonyl (C=O) groups is 1. The molecule has 1 aliphatic heterocycles. The zero-order valence-electron chi connectivity index (χ0n) is 14.1. The standard InChI is InChI=1S/C21H14N2O2S2/c24-20-19(13-15-5-4-12-22-14-15)27-21(26)23(20)16-8-10-18(11-9-16)25-17-6-2-1-3-7-17/h1-14H/b19-13+. The van der Waals surface area contributed by atoms with Crippen molar-refractivity contribution in [2.24, 2.45) is 0 Å². The van der Waals surface area contributed by atoms with E-state index in [2.05, 4.69) is 4.98 Å². The Morgan fingerprint density at radius 3 is 2.41 bits per heavy atom. The second kappa shape index (κ2) is 7.73. The Balaban J connectivity index is 1.54. The van der Waals surface area contributed by atoms with E-state index in [1.54, 1.807) is 18.5 Å². The van der Waals surface area contributed by atoms with Crippen LogP contribution in [0.15, 0.2) is 84.0 Å². The first kappa shape index (κ1) is 17.5. The van der Waals surface area contributed by atoms with E-state index in [0.717, 1.165) is 11.3 Å². The summed E-state index contributed by atoms with van der Waals surface area (Å²) in [7, 11) is 0. The first-order valence-electron chi connectivity index (χ1n) is 8.22. The second-order valence-electron chi connectivity index (χ2n) is 5.71. The lowest BCUT2D eigenvalue weighted by Crippen LogP contribution is -2.27. The van der Waals surface area contributed by atoms with Crippen molar-refractivity contribution in [3.8, 4) is 11.5 Å². The monoisotopic (exact) mass is 390 g/mol. The molecular weight excluding hydrogens is 376 g/mol. The van der Waals surface area contributed by atoms with Crippen molar-refractivity contribution in [1.29, 1.82) is 0 Å². The van der Waals surface area contributed by atoms with E-state index < -0.39 is 0 Å². The molecule has 27 heavy (non-hydrogen) atoms. The number of pyridine rings is 1. The summed E-state index contributed by atoms with van der Waals surface area (Å²) in [6.45, 7) is 0. The largest absolute Gasteiger partial charge is 0.457 e. The molecule has 132 valence electrons. The van der Waals surface area contributed by atoms with Gasteiger partial charge >= 0.3 is 0 Å². The van der Waals surface area contributed by atoms with Gasteiger partial charge in [-0.1, -0.05) is 48.2 Å². The van der Waals surface area contributed by atoms with Crippen LogP contribution in [0.4, 0.5) is 5.69 Å². The Kier molecular flexibility index (Phi) is 5.00. The molecular formula is C21H14N2O2S2. The Hall–Kier alpha value is -2.96. The number of aromatic nitrogens is 1. The predicted molar refractivity (Wildman–Crippen MR) is 113 cm³/mol. The van der Waals surface area contributed by atoms with Gasteiger partial charge in [0.15, 0.2) is 4.32 Å². The minimum Gasteiger partial charge on any atom is -0.457 e. The molecule has 4 rings (SSSR count). The summed E-state index contributed by atoms with van der Waals surface area (Å²) in [6, 6.07) is 20.6. The summed E-state index contributed by atoms with van der Waals surface area (Å²) in [5.74, 6) is 1.32. The fourth-order valence-electron chi connectivity index (χ4n) is 2.59. The minimum absolute atomic E-state index is 0.134. The molecule has 3 aromatic rings. The summed E-state index contributed by atoms with van der Waals surface area (Å²) in [5.41, 5.74) is 1.58. The maximum Gasteiger partial charge on any atom is 0.270 e. The Morgan fingerprint density at radius 2 is 1.70 bits per heavy atom. The van der Waals surface area contributed by atoms with Gasteiger partial charge in [-0.15, -0.1) is 0 Å². The highest BCUT2D eigenvalue weighted by Gasteiger charge is 2.33. The number of nitrogens with zero attached hydrogens (tertiary/aromatic N) is 2. The SMILES string of the molecule is O=C1/C(=C\c2cccnc2)SC(=S)N1c1ccc(Oc2ccccc2)cc1. The molecule has 6 heteroatoms. The van der Waals surface area contributed by atoms with Crippen LogP contribution < -0.4 is 9.64 Å². The number of carbonyl (C=O) groups excluding carboxylic acids is 1. The third-order valence-corrected chi connectivity index (χ3v) is 5.15. The highest BCUT2D eigenvalue weighted by Crippen LogP contribution is 2.36. The smallest absolute Gasteiger partial charge is 0.270 e. The third-order valence-electron chi connectivity index (χ3n) is 3.85. The number of benzene rings is 2. The summed E-state index contributed by atoms with van der Waals surface area (Å²) < 4.78 is 6.30. The van der Waals surface area contributed by atoms with Gasteiger partial charge in [-0.3, -0.25) is 14.7 Å². The van der Waals surface area contributed by atoms with Crippen LogP contribution in [-0.2, 0) is 4.79 Å². The fourth-order valence-corrected chi connectivity index (χ4v) is 3.89. The number of hydrogen-bond acceptors (Lipinski definition) is 5. The molecule has 1 aromatic heterocycles. The molecule has 1 aliphatic rings. The Labute approximate surface area is 166 Å². The molecule has 0 unspecified atom stereocenters. The van der Waals surface area contributed by atoms with Crippen molar-refractivity contribution < 1.29 is 9.53 Å². The molecule has 1 fully saturated rings. The van der Waals surface area contributed by atoms with Crippen LogP contribution >= 0.6 is 24.0 Å². The van der Waals surface area contributed by atoms with Crippen LogP contribution in [0, 0.1) is 0 Å². The van der Waals surface area contributed by atoms with Crippen molar-refractivity contribution in [1.82, 2.24) is 4.98 Å². The van der Waals surface area contributed by atoms with E-state index in [1.807, 2.05) is 66.7 Å². The maximum atomic E-state index is 12.8. The zero-order valence-corrected chi connectivity index (χ0v) is 15.7. The van der Waals surface area contributed by atoms with Gasteiger partial charge in [0.2, 0.25) is 0 Å². The summed E-state index contributed by atoms with van der Waals surface area (Å²) in [4.78, 5) is 19.0. The fraction of sp³-hybridized carbons (Fsp3) is 0. The Bertz CT molecular complexity index is 1000. The summed E-state index contributed by atoms with van der Waals surface area (Å²) >= 11 is 6.70. The summed E-state index contributed by atoms with van der Waals surface area (Å²) in [6.07, 6.45) is 5.21. The maximum absolute atomic E-state index is 12.8. The van der Waals surface area contributed by atoms with Gasteiger partial charge in [0, 0.05) is 12.4 Å². The van der Waals surface area contributed by atoms with Gasteiger partial charge in [0.05, 0.1) is 10.6 Å². The van der Waals surface area contributed by atoms with Gasteiger partial charge in [0.25, 0.3) is 5.91 Å². The molecule has 0 N–H and O–H groups in total. The van der Waals surface area contributed by atoms with Crippen LogP contribution in [-0.4, -0.2) is 15.2 Å². The molecule has 1 amide bonds. The van der Waals surface area contributed by atoms with Gasteiger partial charge < -0.3 is 4.74 Å². The lowest BCUT2D eigenvalue weighted by atomic mass is 10.2. The van der Waals surface area contributed by atoms with Gasteiger partial charge in [-0.05, 0) is 54.1 Å². The van der Waals surface area contributed by atoms with Crippen molar-refractivity contribution in [3.05, 3.63) is 89.6 Å². The third kappa shape index (κ3) is 3.92. The van der Waals surface area contributed by atoms with Crippen LogP contribution in [0.5, 0.6) is 11.5 Å². The normalized spacial score (nSPS) is 15.4. The molecule has 1 saturated heterocycles. The minimum atomic E-state index is -0.134. The first-order chi connectivity index (χ1) is 13.2. The number of amides is 1. The van der Waals surface area contributed by atoms with Crippen molar-refractivity contribution in [2.45, 2.75) is 0 Å². The number of rotatable bonds is 4. The predicted octanol–water partition coefficient (Wildman–Crippen LogP) is 5.28. The average Bonchev–Trinajstić information content (AvgIpc) is 2.97. The van der Waals surface area contributed by atoms with Gasteiger partial charge in [-0.25, -0.2) is 0 Å². The molecule has 0 bridgehead atoms. The zero-order chi connectivity index (χ0) is 18.6. The number of para-hydroxylation sites is 1. The van der Waals surface area contributed by atoms with Crippen molar-refractivity contribution >= 4 is 46.0 Å². The number of hydrogen-bond donors (Lipinski definition) is 0. The average molecular weight is 390 g/mol. The second-order valence-corrected chi connectivity index (χ2v) is 7.39. The quantitative estimate of drug-likeness (QED) is 0.448. The van der Waals surface area contributed by atoms with Crippen LogP contribution in [0.3, 0.4) is 0 Å². The van der Waals surface area contributed by atoms with Crippen LogP contribution in [0.25, 0.3) is 6.08 Å². The van der Waals surface area contributed by atoms with E-state index in [-0.39, 0.29) is 5.91 Å². The molecule has 0 spiro atoms. The Morgan fingerprint density at radius 1 is 0.963 bits per heavy atom. The number of anilines is 1.